The summed E-state index contributed by atoms with van der Waals surface area (Å²) < 4.78 is 32.5. The first kappa shape index (κ1) is 18.4. The van der Waals surface area contributed by atoms with Gasteiger partial charge >= 0.3 is 0 Å². The quantitative estimate of drug-likeness (QED) is 0.696. The number of hydrogen-bond donors (Lipinski definition) is 1. The predicted octanol–water partition coefficient (Wildman–Crippen LogP) is 1.81. The lowest BCUT2D eigenvalue weighted by Crippen LogP contribution is -2.49. The van der Waals surface area contributed by atoms with E-state index < -0.39 is 10.0 Å². The number of aryl methyl sites for hydroxylation is 1. The van der Waals surface area contributed by atoms with Gasteiger partial charge in [0.25, 0.3) is 10.0 Å². The topological polar surface area (TPSA) is 104 Å². The van der Waals surface area contributed by atoms with Gasteiger partial charge in [0.1, 0.15) is 17.4 Å². The molecule has 0 atom stereocenters. The summed E-state index contributed by atoms with van der Waals surface area (Å²) in [5.74, 6) is 2.47. The van der Waals surface area contributed by atoms with Crippen molar-refractivity contribution in [3.63, 3.8) is 0 Å². The first-order valence-corrected chi connectivity index (χ1v) is 10.3. The van der Waals surface area contributed by atoms with Crippen molar-refractivity contribution in [1.29, 1.82) is 0 Å². The molecule has 0 aliphatic carbocycles. The van der Waals surface area contributed by atoms with Crippen molar-refractivity contribution in [3.8, 4) is 11.6 Å². The average Bonchev–Trinajstić information content (AvgIpc) is 3.24. The number of aromatic amines is 1. The van der Waals surface area contributed by atoms with E-state index >= 15 is 0 Å². The highest BCUT2D eigenvalue weighted by Crippen LogP contribution is 2.24. The fourth-order valence-electron chi connectivity index (χ4n) is 3.03. The van der Waals surface area contributed by atoms with Crippen LogP contribution in [0.3, 0.4) is 0 Å². The van der Waals surface area contributed by atoms with Gasteiger partial charge in [-0.25, -0.2) is 18.4 Å². The maximum absolute atomic E-state index is 12.6. The molecule has 3 aromatic rings. The van der Waals surface area contributed by atoms with Crippen LogP contribution in [0.2, 0.25) is 0 Å². The standard InChI is InChI=1S/C18H20N6O3S/c1-14-21-16(11-17(22-14)27-15-5-3-2-4-6-15)23-7-9-24(10-8-23)28(25,26)18-12-19-13-20-18/h2-6,11-13H,7-10H2,1H3,(H,19,20). The van der Waals surface area contributed by atoms with Gasteiger partial charge in [0.2, 0.25) is 5.88 Å². The summed E-state index contributed by atoms with van der Waals surface area (Å²) in [4.78, 5) is 17.3. The number of ether oxygens (including phenoxy) is 1. The van der Waals surface area contributed by atoms with Crippen molar-refractivity contribution in [1.82, 2.24) is 24.2 Å². The van der Waals surface area contributed by atoms with Crippen molar-refractivity contribution >= 4 is 15.8 Å². The summed E-state index contributed by atoms with van der Waals surface area (Å²) in [6, 6.07) is 11.2. The van der Waals surface area contributed by atoms with Gasteiger partial charge in [0, 0.05) is 32.2 Å². The Labute approximate surface area is 163 Å². The van der Waals surface area contributed by atoms with Gasteiger partial charge in [-0.05, 0) is 19.1 Å². The third kappa shape index (κ3) is 3.82. The number of sulfonamides is 1. The zero-order valence-corrected chi connectivity index (χ0v) is 16.1. The molecule has 4 rings (SSSR count). The molecular weight excluding hydrogens is 380 g/mol. The van der Waals surface area contributed by atoms with Gasteiger partial charge < -0.3 is 14.6 Å². The summed E-state index contributed by atoms with van der Waals surface area (Å²) in [6.45, 7) is 3.57. The largest absolute Gasteiger partial charge is 0.439 e. The molecule has 0 saturated carbocycles. The minimum Gasteiger partial charge on any atom is -0.439 e. The minimum absolute atomic E-state index is 0.109. The van der Waals surface area contributed by atoms with Gasteiger partial charge in [-0.2, -0.15) is 9.29 Å². The Morgan fingerprint density at radius 3 is 2.50 bits per heavy atom. The van der Waals surface area contributed by atoms with Crippen molar-refractivity contribution < 1.29 is 13.2 Å². The molecule has 10 heteroatoms. The lowest BCUT2D eigenvalue weighted by molar-refractivity contribution is 0.381. The molecule has 1 aliphatic rings. The second kappa shape index (κ2) is 7.56. The first-order chi connectivity index (χ1) is 13.5. The number of hydrogen-bond acceptors (Lipinski definition) is 7. The van der Waals surface area contributed by atoms with Crippen LogP contribution in [-0.2, 0) is 10.0 Å². The van der Waals surface area contributed by atoms with E-state index in [-0.39, 0.29) is 5.03 Å². The maximum Gasteiger partial charge on any atom is 0.260 e. The number of rotatable bonds is 5. The molecular formula is C18H20N6O3S. The van der Waals surface area contributed by atoms with Gasteiger partial charge in [0.05, 0.1) is 12.5 Å². The van der Waals surface area contributed by atoms with Crippen LogP contribution in [0.15, 0.2) is 53.9 Å². The molecule has 28 heavy (non-hydrogen) atoms. The van der Waals surface area contributed by atoms with Crippen LogP contribution in [-0.4, -0.2) is 58.8 Å². The zero-order valence-electron chi connectivity index (χ0n) is 15.3. The van der Waals surface area contributed by atoms with Crippen molar-refractivity contribution in [3.05, 3.63) is 54.7 Å². The Hall–Kier alpha value is -2.98. The third-order valence-corrected chi connectivity index (χ3v) is 6.24. The van der Waals surface area contributed by atoms with E-state index in [2.05, 4.69) is 19.9 Å². The number of nitrogens with one attached hydrogen (secondary N) is 1. The van der Waals surface area contributed by atoms with E-state index in [0.29, 0.717) is 43.6 Å². The number of H-pyrrole nitrogens is 1. The monoisotopic (exact) mass is 400 g/mol. The maximum atomic E-state index is 12.6. The Balaban J connectivity index is 1.47. The molecule has 3 heterocycles. The van der Waals surface area contributed by atoms with Crippen molar-refractivity contribution in [2.75, 3.05) is 31.1 Å². The Bertz CT molecular complexity index is 1030. The van der Waals surface area contributed by atoms with Gasteiger partial charge in [-0.1, -0.05) is 18.2 Å². The van der Waals surface area contributed by atoms with Crippen LogP contribution in [0.4, 0.5) is 5.82 Å². The first-order valence-electron chi connectivity index (χ1n) is 8.84. The predicted molar refractivity (Wildman–Crippen MR) is 103 cm³/mol. The van der Waals surface area contributed by atoms with Crippen LogP contribution in [0.5, 0.6) is 11.6 Å². The summed E-state index contributed by atoms with van der Waals surface area (Å²) in [7, 11) is -3.55. The zero-order chi connectivity index (χ0) is 19.6. The highest BCUT2D eigenvalue weighted by atomic mass is 32.2. The molecule has 0 amide bonds. The number of benzene rings is 1. The Morgan fingerprint density at radius 2 is 1.82 bits per heavy atom. The van der Waals surface area contributed by atoms with E-state index in [4.69, 9.17) is 4.74 Å². The normalized spacial score (nSPS) is 15.5. The summed E-state index contributed by atoms with van der Waals surface area (Å²) in [5.41, 5.74) is 0. The summed E-state index contributed by atoms with van der Waals surface area (Å²) in [6.07, 6.45) is 2.68. The highest BCUT2D eigenvalue weighted by Gasteiger charge is 2.30. The molecule has 1 aromatic carbocycles. The molecule has 0 unspecified atom stereocenters. The molecule has 0 radical (unpaired) electrons. The number of anilines is 1. The molecule has 9 nitrogen and oxygen atoms in total. The summed E-state index contributed by atoms with van der Waals surface area (Å²) >= 11 is 0. The molecule has 1 N–H and O–H groups in total. The number of para-hydroxylation sites is 1. The van der Waals surface area contributed by atoms with Crippen LogP contribution < -0.4 is 9.64 Å². The van der Waals surface area contributed by atoms with Gasteiger partial charge in [-0.15, -0.1) is 0 Å². The highest BCUT2D eigenvalue weighted by molar-refractivity contribution is 7.89. The number of piperazine rings is 1. The lowest BCUT2D eigenvalue weighted by Gasteiger charge is -2.34. The van der Waals surface area contributed by atoms with Gasteiger partial charge in [0.15, 0.2) is 5.03 Å². The third-order valence-electron chi connectivity index (χ3n) is 4.42. The number of imidazole rings is 1. The second-order valence-corrected chi connectivity index (χ2v) is 8.24. The molecule has 146 valence electrons. The van der Waals surface area contributed by atoms with Gasteiger partial charge in [-0.3, -0.25) is 0 Å². The molecule has 0 spiro atoms. The average molecular weight is 400 g/mol. The summed E-state index contributed by atoms with van der Waals surface area (Å²) in [5, 5.41) is 0.109. The van der Waals surface area contributed by atoms with E-state index in [9.17, 15) is 8.42 Å². The number of nitrogens with zero attached hydrogens (tertiary/aromatic N) is 5. The van der Waals surface area contributed by atoms with Crippen molar-refractivity contribution in [2.24, 2.45) is 0 Å². The lowest BCUT2D eigenvalue weighted by atomic mass is 10.3. The van der Waals surface area contributed by atoms with E-state index in [1.807, 2.05) is 35.2 Å². The number of aromatic nitrogens is 4. The van der Waals surface area contributed by atoms with E-state index in [0.717, 1.165) is 5.82 Å². The molecule has 1 aliphatic heterocycles. The van der Waals surface area contributed by atoms with Crippen LogP contribution in [0.25, 0.3) is 0 Å². The molecule has 1 saturated heterocycles. The Morgan fingerprint density at radius 1 is 1.07 bits per heavy atom. The fraction of sp³-hybridized carbons (Fsp3) is 0.278. The molecule has 2 aromatic heterocycles. The smallest absolute Gasteiger partial charge is 0.260 e. The fourth-order valence-corrected chi connectivity index (χ4v) is 4.35. The minimum atomic E-state index is -3.55. The van der Waals surface area contributed by atoms with Crippen LogP contribution in [0, 0.1) is 6.92 Å². The van der Waals surface area contributed by atoms with E-state index in [1.165, 1.54) is 16.8 Å². The SMILES string of the molecule is Cc1nc(Oc2ccccc2)cc(N2CCN(S(=O)(=O)c3cnc[nH]3)CC2)n1. The van der Waals surface area contributed by atoms with Crippen molar-refractivity contribution in [2.45, 2.75) is 11.9 Å². The molecule has 0 bridgehead atoms. The van der Waals surface area contributed by atoms with E-state index in [1.54, 1.807) is 13.0 Å². The van der Waals surface area contributed by atoms with Crippen LogP contribution in [0.1, 0.15) is 5.82 Å². The second-order valence-electron chi connectivity index (χ2n) is 6.33. The Kier molecular flexibility index (Phi) is 4.97. The van der Waals surface area contributed by atoms with Crippen LogP contribution >= 0.6 is 0 Å². The molecule has 1 fully saturated rings.